The zero-order valence-corrected chi connectivity index (χ0v) is 16.2. The highest BCUT2D eigenvalue weighted by molar-refractivity contribution is 5.92. The van der Waals surface area contributed by atoms with Crippen molar-refractivity contribution >= 4 is 22.5 Å². The zero-order chi connectivity index (χ0) is 19.0. The van der Waals surface area contributed by atoms with Crippen LogP contribution in [0.4, 0.5) is 0 Å². The molecule has 3 heterocycles. The number of aryl methyl sites for hydroxylation is 2. The van der Waals surface area contributed by atoms with Crippen LogP contribution in [0.2, 0.25) is 0 Å². The summed E-state index contributed by atoms with van der Waals surface area (Å²) in [6, 6.07) is 8.28. The maximum Gasteiger partial charge on any atom is 0.220 e. The first-order valence-electron chi connectivity index (χ1n) is 9.78. The number of benzene rings is 1. The van der Waals surface area contributed by atoms with Crippen LogP contribution in [0.1, 0.15) is 36.7 Å². The number of nitrogens with zero attached hydrogens (tertiary/aromatic N) is 3. The Balaban J connectivity index is 1.53. The van der Waals surface area contributed by atoms with E-state index in [1.807, 2.05) is 29.6 Å². The molecule has 1 fully saturated rings. The molecule has 0 spiro atoms. The highest BCUT2D eigenvalue weighted by Crippen LogP contribution is 2.23. The van der Waals surface area contributed by atoms with Crippen LogP contribution in [0.5, 0.6) is 0 Å². The third-order valence-electron chi connectivity index (χ3n) is 5.79. The van der Waals surface area contributed by atoms with E-state index in [9.17, 15) is 4.79 Å². The minimum atomic E-state index is 0.111. The molecule has 142 valence electrons. The number of carbonyl (C=O) groups is 1. The lowest BCUT2D eigenvalue weighted by Gasteiger charge is -2.30. The summed E-state index contributed by atoms with van der Waals surface area (Å²) in [6.45, 7) is 8.19. The molecule has 1 aromatic carbocycles. The van der Waals surface area contributed by atoms with Gasteiger partial charge in [0.1, 0.15) is 0 Å². The van der Waals surface area contributed by atoms with Crippen LogP contribution in [0, 0.1) is 19.8 Å². The Morgan fingerprint density at radius 3 is 2.96 bits per heavy atom. The molecule has 6 heteroatoms. The molecule has 4 rings (SSSR count). The van der Waals surface area contributed by atoms with Crippen LogP contribution in [-0.2, 0) is 11.2 Å². The molecule has 0 aliphatic carbocycles. The number of hydrogen-bond donors (Lipinski definition) is 2. The van der Waals surface area contributed by atoms with Crippen LogP contribution in [0.25, 0.3) is 16.6 Å². The number of nitrogens with one attached hydrogen (secondary N) is 2. The van der Waals surface area contributed by atoms with Gasteiger partial charge < -0.3 is 10.6 Å². The molecule has 0 saturated carbocycles. The van der Waals surface area contributed by atoms with Crippen LogP contribution in [-0.4, -0.2) is 39.6 Å². The van der Waals surface area contributed by atoms with Gasteiger partial charge in [0.25, 0.3) is 0 Å². The third kappa shape index (κ3) is 3.41. The van der Waals surface area contributed by atoms with Gasteiger partial charge in [-0.05, 0) is 56.8 Å². The summed E-state index contributed by atoms with van der Waals surface area (Å²) in [7, 11) is 0. The molecular formula is C21H27N5O. The van der Waals surface area contributed by atoms with Gasteiger partial charge in [-0.2, -0.15) is 5.10 Å². The first-order chi connectivity index (χ1) is 13.0. The van der Waals surface area contributed by atoms with Gasteiger partial charge in [-0.15, -0.1) is 0 Å². The van der Waals surface area contributed by atoms with Gasteiger partial charge in [-0.3, -0.25) is 4.79 Å². The lowest BCUT2D eigenvalue weighted by atomic mass is 9.94. The molecule has 1 aliphatic heterocycles. The molecule has 1 saturated heterocycles. The molecular weight excluding hydrogens is 338 g/mol. The van der Waals surface area contributed by atoms with E-state index in [-0.39, 0.29) is 11.9 Å². The van der Waals surface area contributed by atoms with Gasteiger partial charge in [0, 0.05) is 35.8 Å². The smallest absolute Gasteiger partial charge is 0.220 e. The Kier molecular flexibility index (Phi) is 4.83. The fourth-order valence-electron chi connectivity index (χ4n) is 4.04. The summed E-state index contributed by atoms with van der Waals surface area (Å²) in [5, 5.41) is 12.3. The summed E-state index contributed by atoms with van der Waals surface area (Å²) in [4.78, 5) is 17.3. The average Bonchev–Trinajstić information content (AvgIpc) is 3.02. The number of fused-ring (bicyclic) bond motifs is 3. The van der Waals surface area contributed by atoms with E-state index in [0.29, 0.717) is 18.8 Å². The second kappa shape index (κ2) is 7.27. The van der Waals surface area contributed by atoms with E-state index in [1.165, 1.54) is 0 Å². The molecule has 6 nitrogen and oxygen atoms in total. The Labute approximate surface area is 159 Å². The topological polar surface area (TPSA) is 71.3 Å². The van der Waals surface area contributed by atoms with Gasteiger partial charge in [0.2, 0.25) is 5.91 Å². The van der Waals surface area contributed by atoms with E-state index >= 15 is 0 Å². The Bertz CT molecular complexity index is 993. The highest BCUT2D eigenvalue weighted by Gasteiger charge is 2.23. The third-order valence-corrected chi connectivity index (χ3v) is 5.79. The number of amides is 1. The molecule has 0 bridgehead atoms. The highest BCUT2D eigenvalue weighted by atomic mass is 16.1. The molecule has 2 atom stereocenters. The standard InChI is InChI=1S/C21H27N5O/c1-13-10-11-22-12-19(13)24-20(27)9-8-16-14(2)23-21-17-6-4-5-7-18(17)25-26(21)15(16)3/h4-7,13,19,22H,8-12H2,1-3H3,(H,24,27). The van der Waals surface area contributed by atoms with Gasteiger partial charge >= 0.3 is 0 Å². The van der Waals surface area contributed by atoms with E-state index in [0.717, 1.165) is 53.0 Å². The van der Waals surface area contributed by atoms with Crippen LogP contribution < -0.4 is 10.6 Å². The number of piperidine rings is 1. The fourth-order valence-corrected chi connectivity index (χ4v) is 4.04. The molecule has 3 aromatic rings. The number of carbonyl (C=O) groups excluding carboxylic acids is 1. The van der Waals surface area contributed by atoms with E-state index < -0.39 is 0 Å². The monoisotopic (exact) mass is 365 g/mol. The Morgan fingerprint density at radius 1 is 1.33 bits per heavy atom. The summed E-state index contributed by atoms with van der Waals surface area (Å²) in [5.74, 6) is 0.633. The predicted octanol–water partition coefficient (Wildman–Crippen LogP) is 2.55. The Hall–Kier alpha value is -2.47. The average molecular weight is 365 g/mol. The van der Waals surface area contributed by atoms with Gasteiger partial charge in [-0.25, -0.2) is 9.50 Å². The van der Waals surface area contributed by atoms with Crippen molar-refractivity contribution in [2.45, 2.75) is 46.1 Å². The van der Waals surface area contributed by atoms with Crippen LogP contribution in [0.3, 0.4) is 0 Å². The first-order valence-corrected chi connectivity index (χ1v) is 9.78. The summed E-state index contributed by atoms with van der Waals surface area (Å²) >= 11 is 0. The number of hydrogen-bond acceptors (Lipinski definition) is 4. The summed E-state index contributed by atoms with van der Waals surface area (Å²) in [5.41, 5.74) is 4.98. The summed E-state index contributed by atoms with van der Waals surface area (Å²) in [6.07, 6.45) is 2.26. The second-order valence-corrected chi connectivity index (χ2v) is 7.66. The zero-order valence-electron chi connectivity index (χ0n) is 16.2. The van der Waals surface area contributed by atoms with Crippen LogP contribution in [0.15, 0.2) is 24.3 Å². The largest absolute Gasteiger partial charge is 0.352 e. The molecule has 1 aliphatic rings. The molecule has 2 unspecified atom stereocenters. The van der Waals surface area contributed by atoms with Crippen molar-refractivity contribution in [3.63, 3.8) is 0 Å². The Morgan fingerprint density at radius 2 is 2.15 bits per heavy atom. The van der Waals surface area contributed by atoms with Crippen molar-refractivity contribution in [1.82, 2.24) is 25.2 Å². The fraction of sp³-hybridized carbons (Fsp3) is 0.476. The van der Waals surface area contributed by atoms with Crippen molar-refractivity contribution in [2.24, 2.45) is 5.92 Å². The van der Waals surface area contributed by atoms with Crippen molar-refractivity contribution < 1.29 is 4.79 Å². The maximum absolute atomic E-state index is 12.5. The van der Waals surface area contributed by atoms with E-state index in [4.69, 9.17) is 10.1 Å². The van der Waals surface area contributed by atoms with Crippen molar-refractivity contribution in [1.29, 1.82) is 0 Å². The summed E-state index contributed by atoms with van der Waals surface area (Å²) < 4.78 is 1.91. The lowest BCUT2D eigenvalue weighted by molar-refractivity contribution is -0.122. The minimum absolute atomic E-state index is 0.111. The molecule has 1 amide bonds. The van der Waals surface area contributed by atoms with Gasteiger partial charge in [0.15, 0.2) is 5.65 Å². The maximum atomic E-state index is 12.5. The van der Waals surface area contributed by atoms with Crippen molar-refractivity contribution in [3.8, 4) is 0 Å². The van der Waals surface area contributed by atoms with E-state index in [2.05, 4.69) is 30.5 Å². The normalized spacial score (nSPS) is 20.3. The lowest BCUT2D eigenvalue weighted by Crippen LogP contribution is -2.50. The number of aromatic nitrogens is 3. The molecule has 0 radical (unpaired) electrons. The quantitative estimate of drug-likeness (QED) is 0.745. The number of rotatable bonds is 4. The first kappa shape index (κ1) is 17.9. The van der Waals surface area contributed by atoms with Crippen molar-refractivity contribution in [2.75, 3.05) is 13.1 Å². The second-order valence-electron chi connectivity index (χ2n) is 7.66. The van der Waals surface area contributed by atoms with Gasteiger partial charge in [-0.1, -0.05) is 19.1 Å². The van der Waals surface area contributed by atoms with Crippen LogP contribution >= 0.6 is 0 Å². The van der Waals surface area contributed by atoms with Gasteiger partial charge in [0.05, 0.1) is 5.52 Å². The van der Waals surface area contributed by atoms with E-state index in [1.54, 1.807) is 0 Å². The molecule has 2 aromatic heterocycles. The molecule has 27 heavy (non-hydrogen) atoms. The van der Waals surface area contributed by atoms with Crippen molar-refractivity contribution in [3.05, 3.63) is 41.2 Å². The SMILES string of the molecule is Cc1nc2c3ccccc3nn2c(C)c1CCC(=O)NC1CNCCC1C. The molecule has 2 N–H and O–H groups in total. The predicted molar refractivity (Wildman–Crippen MR) is 107 cm³/mol. The minimum Gasteiger partial charge on any atom is -0.352 e.